The first-order valence-electron chi connectivity index (χ1n) is 26.5. The molecule has 0 fully saturated rings. The van der Waals surface area contributed by atoms with E-state index in [1.807, 2.05) is 142 Å². The van der Waals surface area contributed by atoms with Gasteiger partial charge in [0.05, 0.1) is 60.4 Å². The number of nitrogens with one attached hydrogen (secondary N) is 2. The molecule has 0 saturated heterocycles. The van der Waals surface area contributed by atoms with Gasteiger partial charge in [0.1, 0.15) is 22.1 Å². The summed E-state index contributed by atoms with van der Waals surface area (Å²) in [5.41, 5.74) is 12.2. The number of oxime groups is 2. The second-order valence-electron chi connectivity index (χ2n) is 18.7. The normalized spacial score (nSPS) is 11.6. The molecule has 23 heteroatoms. The Kier molecular flexibility index (Phi) is 25.0. The molecule has 0 spiro atoms. The summed E-state index contributed by atoms with van der Waals surface area (Å²) in [5.74, 6) is 2.34. The Labute approximate surface area is 505 Å². The number of aromatic amines is 2. The van der Waals surface area contributed by atoms with Crippen LogP contribution in [0.5, 0.6) is 17.2 Å². The molecule has 5 aromatic heterocycles. The maximum Gasteiger partial charge on any atom is 0.358 e. The number of pyridine rings is 2. The van der Waals surface area contributed by atoms with E-state index in [1.54, 1.807) is 89.0 Å². The fourth-order valence-corrected chi connectivity index (χ4v) is 9.32. The number of methoxy groups -OCH3 is 3. The standard InChI is InChI=1S/C20H21N3O4S.C13H15N3O2.C13H13N3O.C7H7ClO2S.2C5H5N/c1-14-8-10-17(11-9-14)28(24,25)27-23-15(2)12-16-13-19(22-21-16)18-6-4-5-7-20(18)26-3;1-9(16-17)7-10-8-12(15-14-10)11-5-3-4-6-13(11)18-2;1-9-7-10-8-12(15-16(10)14-9)11-5-3-4-6-13(11)17-2;1-6-2-4-7(5-3-6)11(8,9)10;2*1-2-4-6-5-3-1/h4-11,13H,12H2,1-3H3,(H,21,22);3-6,8,17H,7H2,1-2H3,(H,14,15);3-6,8H,7H2,1-2H3;2-5H,1H3;2*1-5H/b23-15+;16-9+;;;;. The SMILES string of the molecule is COc1ccccc1-c1cc(C/C(C)=N/O)[nH]n1.COc1ccccc1-c1cc(C/C(C)=N/OS(=O)(=O)c2ccc(C)cc2)[nH]n1.COc1ccccc1-c1cc2n(n1)N=C(C)C2.Cc1ccc(S(=O)(=O)Cl)cc1.c1ccncc1.c1ccncc1. The first-order valence-corrected chi connectivity index (χ1v) is 30.2. The van der Waals surface area contributed by atoms with Crippen LogP contribution in [0, 0.1) is 13.8 Å². The van der Waals surface area contributed by atoms with Crippen LogP contribution < -0.4 is 14.2 Å². The number of halogens is 1. The number of aryl methyl sites for hydroxylation is 2. The van der Waals surface area contributed by atoms with Gasteiger partial charge in [-0.3, -0.25) is 24.4 Å². The Morgan fingerprint density at radius 2 is 0.977 bits per heavy atom. The lowest BCUT2D eigenvalue weighted by molar-refractivity contribution is 0.317. The molecular formula is C63H66ClN11O9S2. The lowest BCUT2D eigenvalue weighted by atomic mass is 10.1. The fraction of sp³-hybridized carbons (Fsp3) is 0.175. The highest BCUT2D eigenvalue weighted by molar-refractivity contribution is 8.13. The Morgan fingerprint density at radius 3 is 1.36 bits per heavy atom. The van der Waals surface area contributed by atoms with Crippen molar-refractivity contribution >= 4 is 47.0 Å². The molecule has 0 bridgehead atoms. The van der Waals surface area contributed by atoms with E-state index in [-0.39, 0.29) is 9.79 Å². The van der Waals surface area contributed by atoms with Crippen molar-refractivity contribution in [1.82, 2.24) is 40.3 Å². The largest absolute Gasteiger partial charge is 0.496 e. The van der Waals surface area contributed by atoms with E-state index in [4.69, 9.17) is 34.4 Å². The molecule has 0 aliphatic carbocycles. The van der Waals surface area contributed by atoms with Gasteiger partial charge < -0.3 is 19.4 Å². The molecular weight excluding hydrogens is 1150 g/mol. The highest BCUT2D eigenvalue weighted by Crippen LogP contribution is 2.32. The monoisotopic (exact) mass is 1220 g/mol. The van der Waals surface area contributed by atoms with Crippen LogP contribution in [0.2, 0.25) is 0 Å². The molecule has 11 rings (SSSR count). The number of H-pyrrole nitrogens is 2. The van der Waals surface area contributed by atoms with E-state index in [0.717, 1.165) is 91.4 Å². The third kappa shape index (κ3) is 20.5. The third-order valence-electron chi connectivity index (χ3n) is 12.0. The number of fused-ring (bicyclic) bond motifs is 1. The predicted molar refractivity (Wildman–Crippen MR) is 335 cm³/mol. The minimum Gasteiger partial charge on any atom is -0.496 e. The van der Waals surface area contributed by atoms with Crippen LogP contribution in [0.25, 0.3) is 33.8 Å². The average Bonchev–Trinajstić information content (AvgIpc) is 3.66. The summed E-state index contributed by atoms with van der Waals surface area (Å²) in [6.45, 7) is 9.21. The van der Waals surface area contributed by atoms with Crippen LogP contribution >= 0.6 is 10.7 Å². The summed E-state index contributed by atoms with van der Waals surface area (Å²) >= 11 is 0. The highest BCUT2D eigenvalue weighted by atomic mass is 35.7. The van der Waals surface area contributed by atoms with E-state index in [2.05, 4.69) is 56.9 Å². The van der Waals surface area contributed by atoms with Gasteiger partial charge in [-0.1, -0.05) is 94.2 Å². The summed E-state index contributed by atoms with van der Waals surface area (Å²) in [4.78, 5) is 9.48. The Hall–Kier alpha value is -9.77. The van der Waals surface area contributed by atoms with Crippen LogP contribution in [-0.2, 0) is 42.7 Å². The first kappa shape index (κ1) is 65.4. The van der Waals surface area contributed by atoms with Crippen molar-refractivity contribution in [3.63, 3.8) is 0 Å². The zero-order chi connectivity index (χ0) is 61.9. The van der Waals surface area contributed by atoms with Crippen molar-refractivity contribution in [2.45, 2.75) is 63.7 Å². The maximum atomic E-state index is 12.2. The van der Waals surface area contributed by atoms with E-state index >= 15 is 0 Å². The van der Waals surface area contributed by atoms with Crippen LogP contribution in [0.3, 0.4) is 0 Å². The van der Waals surface area contributed by atoms with E-state index in [1.165, 1.54) is 24.3 Å². The van der Waals surface area contributed by atoms with Crippen molar-refractivity contribution in [2.75, 3.05) is 21.3 Å². The second kappa shape index (κ2) is 32.9. The van der Waals surface area contributed by atoms with E-state index < -0.39 is 19.2 Å². The van der Waals surface area contributed by atoms with Crippen LogP contribution in [0.1, 0.15) is 49.0 Å². The van der Waals surface area contributed by atoms with E-state index in [9.17, 15) is 16.8 Å². The number of hydrogen-bond donors (Lipinski definition) is 3. The summed E-state index contributed by atoms with van der Waals surface area (Å²) in [5, 5.41) is 38.7. The predicted octanol–water partition coefficient (Wildman–Crippen LogP) is 12.6. The number of ether oxygens (including phenoxy) is 3. The van der Waals surface area contributed by atoms with Crippen molar-refractivity contribution in [2.24, 2.45) is 15.4 Å². The summed E-state index contributed by atoms with van der Waals surface area (Å²) in [6, 6.07) is 53.2. The molecule has 3 N–H and O–H groups in total. The highest BCUT2D eigenvalue weighted by Gasteiger charge is 2.19. The quantitative estimate of drug-likeness (QED) is 0.0396. The lowest BCUT2D eigenvalue weighted by Crippen LogP contribution is -2.06. The number of benzene rings is 5. The van der Waals surface area contributed by atoms with Crippen LogP contribution in [0.15, 0.2) is 226 Å². The van der Waals surface area contributed by atoms with Gasteiger partial charge in [-0.15, -0.1) is 0 Å². The smallest absolute Gasteiger partial charge is 0.358 e. The molecule has 10 aromatic rings. The molecule has 20 nitrogen and oxygen atoms in total. The molecule has 0 saturated carbocycles. The molecule has 446 valence electrons. The molecule has 1 aliphatic rings. The molecule has 0 radical (unpaired) electrons. The molecule has 86 heavy (non-hydrogen) atoms. The molecule has 0 atom stereocenters. The zero-order valence-electron chi connectivity index (χ0n) is 48.6. The van der Waals surface area contributed by atoms with Crippen LogP contribution in [-0.4, -0.2) is 101 Å². The van der Waals surface area contributed by atoms with E-state index in [0.29, 0.717) is 24.3 Å². The van der Waals surface area contributed by atoms with Gasteiger partial charge in [0, 0.05) is 88.5 Å². The topological polar surface area (TPSA) is 263 Å². The molecule has 0 amide bonds. The minimum absolute atomic E-state index is 0.0645. The third-order valence-corrected chi connectivity index (χ3v) is 14.5. The number of rotatable bonds is 14. The average molecular weight is 1220 g/mol. The Bertz CT molecular complexity index is 3940. The van der Waals surface area contributed by atoms with Gasteiger partial charge in [0.25, 0.3) is 9.05 Å². The van der Waals surface area contributed by atoms with Gasteiger partial charge in [-0.25, -0.2) is 8.42 Å². The van der Waals surface area contributed by atoms with Crippen LogP contribution in [0.4, 0.5) is 0 Å². The second-order valence-corrected chi connectivity index (χ2v) is 22.8. The fourth-order valence-electron chi connectivity index (χ4n) is 7.76. The van der Waals surface area contributed by atoms with Crippen molar-refractivity contribution in [3.8, 4) is 51.0 Å². The zero-order valence-corrected chi connectivity index (χ0v) is 51.0. The maximum absolute atomic E-state index is 12.2. The van der Waals surface area contributed by atoms with Gasteiger partial charge in [0.2, 0.25) is 0 Å². The van der Waals surface area contributed by atoms with Crippen molar-refractivity contribution in [1.29, 1.82) is 0 Å². The summed E-state index contributed by atoms with van der Waals surface area (Å²) < 4.78 is 66.6. The van der Waals surface area contributed by atoms with Gasteiger partial charge in [-0.2, -0.15) is 33.6 Å². The lowest BCUT2D eigenvalue weighted by Gasteiger charge is -2.04. The van der Waals surface area contributed by atoms with Crippen molar-refractivity contribution in [3.05, 3.63) is 229 Å². The number of para-hydroxylation sites is 3. The van der Waals surface area contributed by atoms with Gasteiger partial charge in [0.15, 0.2) is 0 Å². The molecule has 5 aromatic carbocycles. The van der Waals surface area contributed by atoms with Crippen molar-refractivity contribution < 1.29 is 40.5 Å². The molecule has 1 aliphatic heterocycles. The molecule has 0 unspecified atom stereocenters. The minimum atomic E-state index is -3.94. The molecule has 6 heterocycles. The van der Waals surface area contributed by atoms with Gasteiger partial charge in [-0.05, 0) is 138 Å². The number of nitrogens with zero attached hydrogens (tertiary/aromatic N) is 9. The van der Waals surface area contributed by atoms with Gasteiger partial charge >= 0.3 is 10.1 Å². The Morgan fingerprint density at radius 1 is 0.558 bits per heavy atom. The Balaban J connectivity index is 0.000000178. The number of aromatic nitrogens is 8. The summed E-state index contributed by atoms with van der Waals surface area (Å²) in [6.07, 6.45) is 8.78. The summed E-state index contributed by atoms with van der Waals surface area (Å²) in [7, 11) is 2.51. The first-order chi connectivity index (χ1) is 41.4. The number of hydrogen-bond acceptors (Lipinski definition) is 17.